The van der Waals surface area contributed by atoms with Gasteiger partial charge in [-0.3, -0.25) is 4.79 Å². The Kier molecular flexibility index (Phi) is 3.38. The molecule has 0 amide bonds. The Labute approximate surface area is 101 Å². The van der Waals surface area contributed by atoms with Gasteiger partial charge in [-0.1, -0.05) is 29.8 Å². The number of hydrogen-bond acceptors (Lipinski definition) is 2. The second-order valence-electron chi connectivity index (χ2n) is 4.27. The predicted molar refractivity (Wildman–Crippen MR) is 67.0 cm³/mol. The maximum atomic E-state index is 11.9. The number of carbonyl (C=O) groups is 1. The predicted octanol–water partition coefficient (Wildman–Crippen LogP) is 2.54. The Morgan fingerprint density at radius 1 is 1.41 bits per heavy atom. The molecule has 0 N–H and O–H groups in total. The first-order chi connectivity index (χ1) is 8.16. The number of benzene rings is 1. The van der Waals surface area contributed by atoms with Crippen LogP contribution < -0.4 is 0 Å². The van der Waals surface area contributed by atoms with Gasteiger partial charge in [0.25, 0.3) is 0 Å². The van der Waals surface area contributed by atoms with Crippen molar-refractivity contribution >= 4 is 5.78 Å². The largest absolute Gasteiger partial charge is 0.332 e. The van der Waals surface area contributed by atoms with Crippen LogP contribution in [0.4, 0.5) is 0 Å². The van der Waals surface area contributed by atoms with Crippen molar-refractivity contribution in [3.8, 4) is 0 Å². The molecule has 1 heterocycles. The summed E-state index contributed by atoms with van der Waals surface area (Å²) in [5.41, 5.74) is 2.43. The summed E-state index contributed by atoms with van der Waals surface area (Å²) in [7, 11) is 1.84. The number of carbonyl (C=O) groups excluding carboxylic acids is 1. The van der Waals surface area contributed by atoms with Crippen molar-refractivity contribution in [1.82, 2.24) is 9.55 Å². The zero-order valence-corrected chi connectivity index (χ0v) is 10.2. The fourth-order valence-corrected chi connectivity index (χ4v) is 1.87. The van der Waals surface area contributed by atoms with E-state index in [2.05, 4.69) is 30.1 Å². The van der Waals surface area contributed by atoms with Crippen LogP contribution >= 0.6 is 0 Å². The summed E-state index contributed by atoms with van der Waals surface area (Å²) < 4.78 is 1.76. The molecule has 0 bridgehead atoms. The first-order valence-corrected chi connectivity index (χ1v) is 5.73. The van der Waals surface area contributed by atoms with E-state index in [0.29, 0.717) is 12.2 Å². The van der Waals surface area contributed by atoms with E-state index in [1.807, 2.05) is 13.1 Å². The number of aryl methyl sites for hydroxylation is 3. The quantitative estimate of drug-likeness (QED) is 0.754. The summed E-state index contributed by atoms with van der Waals surface area (Å²) in [6.45, 7) is 2.06. The second kappa shape index (κ2) is 4.95. The molecule has 0 spiro atoms. The number of rotatable bonds is 4. The minimum atomic E-state index is 0.0963. The minimum absolute atomic E-state index is 0.0963. The molecule has 0 saturated carbocycles. The molecule has 2 rings (SSSR count). The summed E-state index contributed by atoms with van der Waals surface area (Å²) >= 11 is 0. The third-order valence-electron chi connectivity index (χ3n) is 2.79. The third kappa shape index (κ3) is 2.81. The van der Waals surface area contributed by atoms with Crippen LogP contribution in [0.1, 0.15) is 28.2 Å². The topological polar surface area (TPSA) is 34.9 Å². The highest BCUT2D eigenvalue weighted by Gasteiger charge is 2.10. The Morgan fingerprint density at radius 3 is 2.88 bits per heavy atom. The van der Waals surface area contributed by atoms with Crippen molar-refractivity contribution in [2.24, 2.45) is 7.05 Å². The van der Waals surface area contributed by atoms with E-state index in [1.165, 1.54) is 11.1 Å². The van der Waals surface area contributed by atoms with Gasteiger partial charge in [-0.2, -0.15) is 0 Å². The smallest absolute Gasteiger partial charge is 0.198 e. The first kappa shape index (κ1) is 11.6. The van der Waals surface area contributed by atoms with Crippen LogP contribution in [0, 0.1) is 6.92 Å². The lowest BCUT2D eigenvalue weighted by atomic mass is 10.1. The van der Waals surface area contributed by atoms with E-state index in [9.17, 15) is 4.79 Å². The number of nitrogens with zero attached hydrogens (tertiary/aromatic N) is 2. The Balaban J connectivity index is 1.99. The molecule has 0 aliphatic heterocycles. The van der Waals surface area contributed by atoms with Crippen molar-refractivity contribution < 1.29 is 4.79 Å². The average molecular weight is 228 g/mol. The van der Waals surface area contributed by atoms with Crippen LogP contribution in [-0.4, -0.2) is 15.3 Å². The molecule has 0 fully saturated rings. The molecule has 0 aliphatic carbocycles. The molecule has 0 saturated heterocycles. The van der Waals surface area contributed by atoms with Crippen molar-refractivity contribution in [3.05, 3.63) is 53.6 Å². The summed E-state index contributed by atoms with van der Waals surface area (Å²) in [5.74, 6) is 0.636. The molecule has 1 aromatic carbocycles. The number of ketones is 1. The van der Waals surface area contributed by atoms with E-state index in [1.54, 1.807) is 17.0 Å². The van der Waals surface area contributed by atoms with Gasteiger partial charge in [0.1, 0.15) is 0 Å². The van der Waals surface area contributed by atoms with Crippen LogP contribution in [0.3, 0.4) is 0 Å². The number of aromatic nitrogens is 2. The maximum absolute atomic E-state index is 11.9. The van der Waals surface area contributed by atoms with Gasteiger partial charge in [-0.15, -0.1) is 0 Å². The molecule has 3 nitrogen and oxygen atoms in total. The highest BCUT2D eigenvalue weighted by molar-refractivity contribution is 5.92. The number of Topliss-reactive ketones (excluding diaryl/α,β-unsaturated/α-hetero) is 1. The molecular weight excluding hydrogens is 212 g/mol. The zero-order chi connectivity index (χ0) is 12.3. The maximum Gasteiger partial charge on any atom is 0.198 e. The van der Waals surface area contributed by atoms with Crippen LogP contribution in [0.15, 0.2) is 36.7 Å². The van der Waals surface area contributed by atoms with Crippen molar-refractivity contribution in [2.75, 3.05) is 0 Å². The monoisotopic (exact) mass is 228 g/mol. The van der Waals surface area contributed by atoms with Crippen LogP contribution in [0.2, 0.25) is 0 Å². The van der Waals surface area contributed by atoms with E-state index >= 15 is 0 Å². The first-order valence-electron chi connectivity index (χ1n) is 5.73. The highest BCUT2D eigenvalue weighted by atomic mass is 16.1. The molecular formula is C14H16N2O. The van der Waals surface area contributed by atoms with Crippen LogP contribution in [0.5, 0.6) is 0 Å². The third-order valence-corrected chi connectivity index (χ3v) is 2.79. The zero-order valence-electron chi connectivity index (χ0n) is 10.2. The fraction of sp³-hybridized carbons (Fsp3) is 0.286. The van der Waals surface area contributed by atoms with Crippen molar-refractivity contribution in [3.63, 3.8) is 0 Å². The minimum Gasteiger partial charge on any atom is -0.332 e. The van der Waals surface area contributed by atoms with Crippen LogP contribution in [0.25, 0.3) is 0 Å². The van der Waals surface area contributed by atoms with E-state index in [0.717, 1.165) is 6.42 Å². The number of imidazole rings is 1. The Hall–Kier alpha value is -1.90. The SMILES string of the molecule is Cc1cccc(CCC(=O)c2nccn2C)c1. The molecule has 2 aromatic rings. The number of hydrogen-bond donors (Lipinski definition) is 0. The van der Waals surface area contributed by atoms with E-state index < -0.39 is 0 Å². The van der Waals surface area contributed by atoms with Gasteiger partial charge in [0.2, 0.25) is 0 Å². The van der Waals surface area contributed by atoms with Crippen LogP contribution in [-0.2, 0) is 13.5 Å². The van der Waals surface area contributed by atoms with Crippen molar-refractivity contribution in [1.29, 1.82) is 0 Å². The van der Waals surface area contributed by atoms with Gasteiger partial charge in [0, 0.05) is 25.9 Å². The Bertz CT molecular complexity index is 529. The molecule has 0 unspecified atom stereocenters. The molecule has 0 radical (unpaired) electrons. The second-order valence-corrected chi connectivity index (χ2v) is 4.27. The molecule has 0 atom stereocenters. The van der Waals surface area contributed by atoms with E-state index in [4.69, 9.17) is 0 Å². The molecule has 3 heteroatoms. The van der Waals surface area contributed by atoms with Gasteiger partial charge in [0.05, 0.1) is 0 Å². The fourth-order valence-electron chi connectivity index (χ4n) is 1.87. The summed E-state index contributed by atoms with van der Waals surface area (Å²) in [6, 6.07) is 8.25. The standard InChI is InChI=1S/C14H16N2O/c1-11-4-3-5-12(10-11)6-7-13(17)14-15-8-9-16(14)2/h3-5,8-10H,6-7H2,1-2H3. The summed E-state index contributed by atoms with van der Waals surface area (Å²) in [6.07, 6.45) is 4.72. The normalized spacial score (nSPS) is 10.5. The van der Waals surface area contributed by atoms with Gasteiger partial charge in [-0.25, -0.2) is 4.98 Å². The van der Waals surface area contributed by atoms with Gasteiger partial charge >= 0.3 is 0 Å². The average Bonchev–Trinajstić information content (AvgIpc) is 2.72. The molecule has 17 heavy (non-hydrogen) atoms. The molecule has 88 valence electrons. The summed E-state index contributed by atoms with van der Waals surface area (Å²) in [5, 5.41) is 0. The van der Waals surface area contributed by atoms with Gasteiger partial charge in [-0.05, 0) is 18.9 Å². The summed E-state index contributed by atoms with van der Waals surface area (Å²) in [4.78, 5) is 16.0. The van der Waals surface area contributed by atoms with Gasteiger partial charge in [0.15, 0.2) is 11.6 Å². The lowest BCUT2D eigenvalue weighted by Gasteiger charge is -2.03. The molecule has 0 aliphatic rings. The Morgan fingerprint density at radius 2 is 2.24 bits per heavy atom. The van der Waals surface area contributed by atoms with Crippen molar-refractivity contribution in [2.45, 2.75) is 19.8 Å². The highest BCUT2D eigenvalue weighted by Crippen LogP contribution is 2.09. The van der Waals surface area contributed by atoms with Gasteiger partial charge < -0.3 is 4.57 Å². The lowest BCUT2D eigenvalue weighted by molar-refractivity contribution is 0.0970. The molecule has 1 aromatic heterocycles. The lowest BCUT2D eigenvalue weighted by Crippen LogP contribution is -2.08. The van der Waals surface area contributed by atoms with E-state index in [-0.39, 0.29) is 5.78 Å².